The minimum Gasteiger partial charge on any atom is -0.360 e. The predicted octanol–water partition coefficient (Wildman–Crippen LogP) is 2.15. The maximum Gasteiger partial charge on any atom is 0.334 e. The van der Waals surface area contributed by atoms with Crippen LogP contribution in [0.15, 0.2) is 39.8 Å². The molecule has 2 N–H and O–H groups in total. The Kier molecular flexibility index (Phi) is 3.96. The van der Waals surface area contributed by atoms with Crippen molar-refractivity contribution in [2.75, 3.05) is 5.32 Å². The summed E-state index contributed by atoms with van der Waals surface area (Å²) in [6.07, 6.45) is 0. The first-order chi connectivity index (χ1) is 9.38. The van der Waals surface area contributed by atoms with E-state index in [0.717, 1.165) is 0 Å². The fraction of sp³-hybridized carbons (Fsp3) is 0.0909. The second-order valence-electron chi connectivity index (χ2n) is 3.81. The lowest BCUT2D eigenvalue weighted by molar-refractivity contribution is 0.256. The number of hydrogen-bond donors (Lipinski definition) is 2. The molecular formula is C11H10ClN3O4S. The average Bonchev–Trinajstić information content (AvgIpc) is 2.74. The normalized spacial score (nSPS) is 11.1. The van der Waals surface area contributed by atoms with Gasteiger partial charge in [0, 0.05) is 6.07 Å². The molecule has 7 nitrogen and oxygen atoms in total. The molecule has 2 aromatic rings. The van der Waals surface area contributed by atoms with E-state index in [-0.39, 0.29) is 15.7 Å². The zero-order valence-corrected chi connectivity index (χ0v) is 11.8. The van der Waals surface area contributed by atoms with E-state index in [1.165, 1.54) is 24.3 Å². The van der Waals surface area contributed by atoms with Gasteiger partial charge < -0.3 is 4.52 Å². The molecule has 0 aliphatic carbocycles. The number of aryl methyl sites for hydroxylation is 1. The molecule has 0 saturated carbocycles. The highest BCUT2D eigenvalue weighted by Gasteiger charge is 2.20. The number of rotatable bonds is 3. The fourth-order valence-corrected chi connectivity index (χ4v) is 2.83. The summed E-state index contributed by atoms with van der Waals surface area (Å²) in [5.74, 6) is 0.587. The summed E-state index contributed by atoms with van der Waals surface area (Å²) < 4.78 is 30.5. The van der Waals surface area contributed by atoms with E-state index in [1.54, 1.807) is 13.0 Å². The molecule has 1 aromatic heterocycles. The Morgan fingerprint density at radius 2 is 2.05 bits per heavy atom. The summed E-state index contributed by atoms with van der Waals surface area (Å²) in [7, 11) is -4.06. The number of carbonyl (C=O) groups is 1. The molecule has 2 rings (SSSR count). The number of nitrogens with zero attached hydrogens (tertiary/aromatic N) is 1. The number of urea groups is 1. The molecule has 0 spiro atoms. The second-order valence-corrected chi connectivity index (χ2v) is 5.87. The molecule has 20 heavy (non-hydrogen) atoms. The number of amides is 2. The van der Waals surface area contributed by atoms with E-state index in [4.69, 9.17) is 16.1 Å². The van der Waals surface area contributed by atoms with Gasteiger partial charge in [-0.15, -0.1) is 0 Å². The quantitative estimate of drug-likeness (QED) is 0.903. The van der Waals surface area contributed by atoms with Crippen LogP contribution in [0.1, 0.15) is 5.76 Å². The second kappa shape index (κ2) is 5.51. The molecule has 0 aliphatic heterocycles. The van der Waals surface area contributed by atoms with Crippen LogP contribution in [0, 0.1) is 6.92 Å². The van der Waals surface area contributed by atoms with Gasteiger partial charge in [-0.25, -0.2) is 17.9 Å². The summed E-state index contributed by atoms with van der Waals surface area (Å²) in [6.45, 7) is 1.64. The Morgan fingerprint density at radius 1 is 1.35 bits per heavy atom. The van der Waals surface area contributed by atoms with E-state index < -0.39 is 16.1 Å². The van der Waals surface area contributed by atoms with Crippen molar-refractivity contribution in [2.45, 2.75) is 11.8 Å². The number of anilines is 1. The summed E-state index contributed by atoms with van der Waals surface area (Å²) in [6, 6.07) is 6.27. The van der Waals surface area contributed by atoms with Crippen LogP contribution in [-0.4, -0.2) is 19.6 Å². The smallest absolute Gasteiger partial charge is 0.334 e. The van der Waals surface area contributed by atoms with E-state index in [9.17, 15) is 13.2 Å². The van der Waals surface area contributed by atoms with Crippen molar-refractivity contribution in [3.8, 4) is 0 Å². The van der Waals surface area contributed by atoms with Crippen LogP contribution in [0.2, 0.25) is 5.02 Å². The van der Waals surface area contributed by atoms with Gasteiger partial charge >= 0.3 is 6.03 Å². The summed E-state index contributed by atoms with van der Waals surface area (Å²) in [5, 5.41) is 5.76. The van der Waals surface area contributed by atoms with Crippen molar-refractivity contribution >= 4 is 33.5 Å². The summed E-state index contributed by atoms with van der Waals surface area (Å²) in [4.78, 5) is 11.4. The van der Waals surface area contributed by atoms with Crippen molar-refractivity contribution in [3.63, 3.8) is 0 Å². The molecule has 0 radical (unpaired) electrons. The predicted molar refractivity (Wildman–Crippen MR) is 72.0 cm³/mol. The molecule has 0 fully saturated rings. The van der Waals surface area contributed by atoms with Crippen LogP contribution in [0.3, 0.4) is 0 Å². The Hall–Kier alpha value is -2.06. The zero-order chi connectivity index (χ0) is 14.8. The van der Waals surface area contributed by atoms with Gasteiger partial charge in [0.05, 0.1) is 5.02 Å². The van der Waals surface area contributed by atoms with Gasteiger partial charge in [0.25, 0.3) is 10.0 Å². The minimum absolute atomic E-state index is 0.0186. The van der Waals surface area contributed by atoms with E-state index in [1.807, 2.05) is 4.72 Å². The number of carbonyl (C=O) groups excluding carboxylic acids is 1. The number of sulfonamides is 1. The SMILES string of the molecule is Cc1cc(NC(=O)NS(=O)(=O)c2ccccc2Cl)no1. The van der Waals surface area contributed by atoms with Gasteiger partial charge in [-0.1, -0.05) is 28.9 Å². The van der Waals surface area contributed by atoms with Gasteiger partial charge in [0.1, 0.15) is 10.7 Å². The van der Waals surface area contributed by atoms with Crippen molar-refractivity contribution in [1.29, 1.82) is 0 Å². The maximum absolute atomic E-state index is 12.0. The zero-order valence-electron chi connectivity index (χ0n) is 10.3. The molecule has 106 valence electrons. The van der Waals surface area contributed by atoms with E-state index in [0.29, 0.717) is 5.76 Å². The molecule has 1 heterocycles. The summed E-state index contributed by atoms with van der Waals surface area (Å²) in [5.41, 5.74) is 0. The van der Waals surface area contributed by atoms with Gasteiger partial charge in [-0.2, -0.15) is 0 Å². The largest absolute Gasteiger partial charge is 0.360 e. The summed E-state index contributed by atoms with van der Waals surface area (Å²) >= 11 is 5.78. The highest BCUT2D eigenvalue weighted by atomic mass is 35.5. The maximum atomic E-state index is 12.0. The molecule has 0 saturated heterocycles. The first-order valence-electron chi connectivity index (χ1n) is 5.40. The van der Waals surface area contributed by atoms with Gasteiger partial charge in [-0.05, 0) is 19.1 Å². The number of hydrogen-bond acceptors (Lipinski definition) is 5. The van der Waals surface area contributed by atoms with Crippen LogP contribution >= 0.6 is 11.6 Å². The van der Waals surface area contributed by atoms with Crippen LogP contribution in [-0.2, 0) is 10.0 Å². The Labute approximate surface area is 120 Å². The van der Waals surface area contributed by atoms with E-state index in [2.05, 4.69) is 10.5 Å². The Balaban J connectivity index is 2.13. The molecule has 0 unspecified atom stereocenters. The Bertz CT molecular complexity index is 742. The van der Waals surface area contributed by atoms with Crippen molar-refractivity contribution < 1.29 is 17.7 Å². The molecule has 1 aromatic carbocycles. The third-order valence-corrected chi connectivity index (χ3v) is 4.05. The molecule has 0 atom stereocenters. The topological polar surface area (TPSA) is 101 Å². The number of aromatic nitrogens is 1. The molecule has 9 heteroatoms. The van der Waals surface area contributed by atoms with Crippen molar-refractivity contribution in [1.82, 2.24) is 9.88 Å². The average molecular weight is 316 g/mol. The fourth-order valence-electron chi connectivity index (χ4n) is 1.41. The lowest BCUT2D eigenvalue weighted by atomic mass is 10.4. The molecule has 0 aliphatic rings. The van der Waals surface area contributed by atoms with Gasteiger partial charge in [-0.3, -0.25) is 5.32 Å². The van der Waals surface area contributed by atoms with Crippen LogP contribution in [0.4, 0.5) is 10.6 Å². The Morgan fingerprint density at radius 3 is 2.65 bits per heavy atom. The van der Waals surface area contributed by atoms with Crippen molar-refractivity contribution in [3.05, 3.63) is 41.1 Å². The van der Waals surface area contributed by atoms with E-state index >= 15 is 0 Å². The number of halogens is 1. The third kappa shape index (κ3) is 3.28. The molecule has 0 bridgehead atoms. The monoisotopic (exact) mass is 315 g/mol. The van der Waals surface area contributed by atoms with Crippen LogP contribution in [0.25, 0.3) is 0 Å². The molecular weight excluding hydrogens is 306 g/mol. The number of nitrogens with one attached hydrogen (secondary N) is 2. The first kappa shape index (κ1) is 14.4. The lowest BCUT2D eigenvalue weighted by Gasteiger charge is -2.07. The first-order valence-corrected chi connectivity index (χ1v) is 7.26. The third-order valence-electron chi connectivity index (χ3n) is 2.22. The lowest BCUT2D eigenvalue weighted by Crippen LogP contribution is -2.34. The minimum atomic E-state index is -4.06. The van der Waals surface area contributed by atoms with Gasteiger partial charge in [0.2, 0.25) is 0 Å². The number of benzene rings is 1. The van der Waals surface area contributed by atoms with Crippen molar-refractivity contribution in [2.24, 2.45) is 0 Å². The highest BCUT2D eigenvalue weighted by Crippen LogP contribution is 2.20. The standard InChI is InChI=1S/C11H10ClN3O4S/c1-7-6-10(14-19-7)13-11(16)15-20(17,18)9-5-3-2-4-8(9)12/h2-6H,1H3,(H2,13,14,15,16). The van der Waals surface area contributed by atoms with Crippen LogP contribution in [0.5, 0.6) is 0 Å². The van der Waals surface area contributed by atoms with Crippen LogP contribution < -0.4 is 10.0 Å². The van der Waals surface area contributed by atoms with Gasteiger partial charge in [0.15, 0.2) is 5.82 Å². The molecule has 2 amide bonds. The highest BCUT2D eigenvalue weighted by molar-refractivity contribution is 7.90.